The molecular weight excluding hydrogens is 260 g/mol. The molecule has 0 spiro atoms. The van der Waals surface area contributed by atoms with E-state index in [1.54, 1.807) is 0 Å². The number of ether oxygens (including phenoxy) is 2. The van der Waals surface area contributed by atoms with Crippen molar-refractivity contribution < 1.29 is 9.47 Å². The maximum atomic E-state index is 6.72. The van der Waals surface area contributed by atoms with E-state index in [0.29, 0.717) is 19.1 Å². The summed E-state index contributed by atoms with van der Waals surface area (Å²) in [7, 11) is 0. The van der Waals surface area contributed by atoms with Crippen LogP contribution in [0.1, 0.15) is 38.6 Å². The van der Waals surface area contributed by atoms with Crippen molar-refractivity contribution in [3.05, 3.63) is 23.8 Å². The highest BCUT2D eigenvalue weighted by Crippen LogP contribution is 2.73. The fourth-order valence-electron chi connectivity index (χ4n) is 3.40. The van der Waals surface area contributed by atoms with Gasteiger partial charge in [-0.15, -0.1) is 11.6 Å². The van der Waals surface area contributed by atoms with Crippen LogP contribution in [0.15, 0.2) is 18.2 Å². The van der Waals surface area contributed by atoms with E-state index < -0.39 is 0 Å². The molecule has 1 aliphatic heterocycles. The molecule has 2 nitrogen and oxygen atoms in total. The summed E-state index contributed by atoms with van der Waals surface area (Å²) in [6.45, 7) is 10.4. The van der Waals surface area contributed by atoms with E-state index in [1.165, 1.54) is 0 Å². The summed E-state index contributed by atoms with van der Waals surface area (Å²) in [5.41, 5.74) is 1.70. The monoisotopic (exact) mass is 280 g/mol. The fraction of sp³-hybridized carbons (Fsp3) is 0.625. The minimum atomic E-state index is 0.0285. The topological polar surface area (TPSA) is 18.5 Å². The second-order valence-electron chi connectivity index (χ2n) is 6.73. The number of alkyl halides is 1. The molecule has 1 aromatic rings. The fourth-order valence-corrected chi connectivity index (χ4v) is 4.17. The molecule has 3 rings (SSSR count). The Labute approximate surface area is 120 Å². The molecule has 0 bridgehead atoms. The van der Waals surface area contributed by atoms with E-state index in [2.05, 4.69) is 33.8 Å². The Morgan fingerprint density at radius 3 is 2.21 bits per heavy atom. The van der Waals surface area contributed by atoms with Gasteiger partial charge in [0.15, 0.2) is 11.5 Å². The Kier molecular flexibility index (Phi) is 2.79. The predicted octanol–water partition coefficient (Wildman–Crippen LogP) is 4.42. The van der Waals surface area contributed by atoms with Crippen LogP contribution >= 0.6 is 11.6 Å². The van der Waals surface area contributed by atoms with Crippen LogP contribution in [0.5, 0.6) is 11.5 Å². The van der Waals surface area contributed by atoms with E-state index in [9.17, 15) is 0 Å². The Bertz CT molecular complexity index is 493. The van der Waals surface area contributed by atoms with Crippen molar-refractivity contribution in [3.63, 3.8) is 0 Å². The molecule has 0 aromatic heterocycles. The Morgan fingerprint density at radius 2 is 1.63 bits per heavy atom. The van der Waals surface area contributed by atoms with Crippen molar-refractivity contribution in [1.82, 2.24) is 0 Å². The first-order chi connectivity index (χ1) is 8.85. The van der Waals surface area contributed by atoms with Crippen LogP contribution in [0.2, 0.25) is 0 Å². The van der Waals surface area contributed by atoms with Crippen LogP contribution in [0.25, 0.3) is 0 Å². The van der Waals surface area contributed by atoms with Crippen molar-refractivity contribution in [2.45, 2.75) is 33.1 Å². The normalized spacial score (nSPS) is 24.9. The first-order valence-corrected chi connectivity index (χ1v) is 7.33. The summed E-state index contributed by atoms with van der Waals surface area (Å²) in [5.74, 6) is 2.14. The average molecular weight is 281 g/mol. The van der Waals surface area contributed by atoms with Gasteiger partial charge in [-0.3, -0.25) is 0 Å². The molecule has 1 fully saturated rings. The number of hydrogen-bond acceptors (Lipinski definition) is 2. The van der Waals surface area contributed by atoms with Gasteiger partial charge in [0.1, 0.15) is 13.2 Å². The molecule has 0 radical (unpaired) electrons. The third-order valence-corrected chi connectivity index (χ3v) is 5.81. The molecule has 0 saturated heterocycles. The molecule has 1 heterocycles. The summed E-state index contributed by atoms with van der Waals surface area (Å²) in [5, 5.41) is 0.0285. The van der Waals surface area contributed by atoms with Crippen LogP contribution in [-0.2, 0) is 0 Å². The molecular formula is C16H21ClO2. The SMILES string of the molecule is CC1(C)C(C(Cl)c2ccc3c(c2)OCCO3)C1(C)C. The quantitative estimate of drug-likeness (QED) is 0.747. The highest BCUT2D eigenvalue weighted by Gasteiger charge is 2.67. The lowest BCUT2D eigenvalue weighted by Crippen LogP contribution is -2.15. The summed E-state index contributed by atoms with van der Waals surface area (Å²) < 4.78 is 11.2. The van der Waals surface area contributed by atoms with Crippen molar-refractivity contribution >= 4 is 11.6 Å². The van der Waals surface area contributed by atoms with Crippen LogP contribution in [0.3, 0.4) is 0 Å². The van der Waals surface area contributed by atoms with E-state index >= 15 is 0 Å². The van der Waals surface area contributed by atoms with Gasteiger partial charge in [0.25, 0.3) is 0 Å². The molecule has 1 aromatic carbocycles. The van der Waals surface area contributed by atoms with Crippen molar-refractivity contribution in [1.29, 1.82) is 0 Å². The molecule has 104 valence electrons. The van der Waals surface area contributed by atoms with Gasteiger partial charge < -0.3 is 9.47 Å². The molecule has 0 amide bonds. The third-order valence-electron chi connectivity index (χ3n) is 5.31. The van der Waals surface area contributed by atoms with E-state index in [-0.39, 0.29) is 16.2 Å². The lowest BCUT2D eigenvalue weighted by atomic mass is 10.0. The predicted molar refractivity (Wildman–Crippen MR) is 77.1 cm³/mol. The van der Waals surface area contributed by atoms with E-state index in [0.717, 1.165) is 17.1 Å². The summed E-state index contributed by atoms with van der Waals surface area (Å²) in [6.07, 6.45) is 0. The summed E-state index contributed by atoms with van der Waals surface area (Å²) in [6, 6.07) is 6.08. The lowest BCUT2D eigenvalue weighted by molar-refractivity contribution is 0.171. The molecule has 1 unspecified atom stereocenters. The zero-order valence-corrected chi connectivity index (χ0v) is 12.8. The summed E-state index contributed by atoms with van der Waals surface area (Å²) in [4.78, 5) is 0. The molecule has 2 aliphatic rings. The van der Waals surface area contributed by atoms with Gasteiger partial charge in [0, 0.05) is 0 Å². The molecule has 19 heavy (non-hydrogen) atoms. The molecule has 1 aliphatic carbocycles. The minimum absolute atomic E-state index is 0.0285. The van der Waals surface area contributed by atoms with Gasteiger partial charge in [-0.1, -0.05) is 33.8 Å². The van der Waals surface area contributed by atoms with Gasteiger partial charge in [0.2, 0.25) is 0 Å². The van der Waals surface area contributed by atoms with Crippen LogP contribution < -0.4 is 9.47 Å². The van der Waals surface area contributed by atoms with Gasteiger partial charge >= 0.3 is 0 Å². The first kappa shape index (κ1) is 13.1. The number of rotatable bonds is 2. The molecule has 1 atom stereocenters. The van der Waals surface area contributed by atoms with Gasteiger partial charge in [-0.25, -0.2) is 0 Å². The lowest BCUT2D eigenvalue weighted by Gasteiger charge is -2.20. The Balaban J connectivity index is 1.87. The largest absolute Gasteiger partial charge is 0.486 e. The minimum Gasteiger partial charge on any atom is -0.486 e. The molecule has 0 N–H and O–H groups in total. The van der Waals surface area contributed by atoms with Crippen molar-refractivity contribution in [2.75, 3.05) is 13.2 Å². The Morgan fingerprint density at radius 1 is 1.05 bits per heavy atom. The van der Waals surface area contributed by atoms with Crippen LogP contribution in [0, 0.1) is 16.7 Å². The van der Waals surface area contributed by atoms with Crippen LogP contribution in [-0.4, -0.2) is 13.2 Å². The standard InChI is InChI=1S/C16H21ClO2/c1-15(2)14(16(15,3)4)13(17)10-5-6-11-12(9-10)19-8-7-18-11/h5-6,9,13-14H,7-8H2,1-4H3. The van der Waals surface area contributed by atoms with Crippen LogP contribution in [0.4, 0.5) is 0 Å². The highest BCUT2D eigenvalue weighted by atomic mass is 35.5. The zero-order valence-electron chi connectivity index (χ0n) is 12.0. The number of fused-ring (bicyclic) bond motifs is 1. The van der Waals surface area contributed by atoms with Gasteiger partial charge in [-0.05, 0) is 34.4 Å². The van der Waals surface area contributed by atoms with Crippen molar-refractivity contribution in [3.8, 4) is 11.5 Å². The maximum absolute atomic E-state index is 6.72. The Hall–Kier alpha value is -0.890. The third kappa shape index (κ3) is 1.84. The number of benzene rings is 1. The van der Waals surface area contributed by atoms with E-state index in [4.69, 9.17) is 21.1 Å². The molecule has 1 saturated carbocycles. The smallest absolute Gasteiger partial charge is 0.161 e. The van der Waals surface area contributed by atoms with Gasteiger partial charge in [-0.2, -0.15) is 0 Å². The van der Waals surface area contributed by atoms with Crippen molar-refractivity contribution in [2.24, 2.45) is 16.7 Å². The number of hydrogen-bond donors (Lipinski definition) is 0. The average Bonchev–Trinajstić information content (AvgIpc) is 2.78. The highest BCUT2D eigenvalue weighted by molar-refractivity contribution is 6.21. The maximum Gasteiger partial charge on any atom is 0.161 e. The molecule has 3 heteroatoms. The second kappa shape index (κ2) is 4.05. The summed E-state index contributed by atoms with van der Waals surface area (Å²) >= 11 is 6.72. The van der Waals surface area contributed by atoms with Gasteiger partial charge in [0.05, 0.1) is 5.38 Å². The zero-order chi connectivity index (χ0) is 13.8. The second-order valence-corrected chi connectivity index (χ2v) is 7.20. The first-order valence-electron chi connectivity index (χ1n) is 6.89. The number of halogens is 1. The van der Waals surface area contributed by atoms with E-state index in [1.807, 2.05) is 12.1 Å².